The summed E-state index contributed by atoms with van der Waals surface area (Å²) in [6, 6.07) is 9.72. The standard InChI is InChI=1S/C20H23N5O2/c26-19-10-15(14-25(19)16-6-2-1-3-7-16)11-22-18-13-21-12-17(23-18)20(27)24-8-4-5-9-24/h1-3,6-7,12-13,15H,4-5,8-11,14H2,(H,22,23). The van der Waals surface area contributed by atoms with Gasteiger partial charge in [0.2, 0.25) is 5.91 Å². The number of hydrogen-bond donors (Lipinski definition) is 1. The summed E-state index contributed by atoms with van der Waals surface area (Å²) in [7, 11) is 0. The number of hydrogen-bond acceptors (Lipinski definition) is 5. The Morgan fingerprint density at radius 3 is 2.70 bits per heavy atom. The second-order valence-electron chi connectivity index (χ2n) is 7.08. The zero-order valence-electron chi connectivity index (χ0n) is 15.2. The lowest BCUT2D eigenvalue weighted by atomic mass is 10.1. The van der Waals surface area contributed by atoms with E-state index in [1.165, 1.54) is 6.20 Å². The van der Waals surface area contributed by atoms with Crippen molar-refractivity contribution in [1.82, 2.24) is 14.9 Å². The number of nitrogens with one attached hydrogen (secondary N) is 1. The molecule has 1 N–H and O–H groups in total. The number of amides is 2. The van der Waals surface area contributed by atoms with Crippen LogP contribution in [-0.2, 0) is 4.79 Å². The van der Waals surface area contributed by atoms with Crippen molar-refractivity contribution in [2.75, 3.05) is 36.4 Å². The number of para-hydroxylation sites is 1. The molecule has 0 bridgehead atoms. The molecule has 0 spiro atoms. The largest absolute Gasteiger partial charge is 0.368 e. The third-order valence-electron chi connectivity index (χ3n) is 5.09. The van der Waals surface area contributed by atoms with Gasteiger partial charge >= 0.3 is 0 Å². The first kappa shape index (κ1) is 17.5. The number of benzene rings is 1. The van der Waals surface area contributed by atoms with Crippen molar-refractivity contribution >= 4 is 23.3 Å². The summed E-state index contributed by atoms with van der Waals surface area (Å²) in [5, 5.41) is 3.24. The summed E-state index contributed by atoms with van der Waals surface area (Å²) in [5.74, 6) is 0.843. The van der Waals surface area contributed by atoms with Crippen LogP contribution in [0, 0.1) is 5.92 Å². The summed E-state index contributed by atoms with van der Waals surface area (Å²) in [4.78, 5) is 37.0. The van der Waals surface area contributed by atoms with Crippen molar-refractivity contribution in [1.29, 1.82) is 0 Å². The van der Waals surface area contributed by atoms with Crippen LogP contribution in [0.2, 0.25) is 0 Å². The van der Waals surface area contributed by atoms with Crippen molar-refractivity contribution in [2.45, 2.75) is 19.3 Å². The van der Waals surface area contributed by atoms with Crippen LogP contribution in [0.25, 0.3) is 0 Å². The quantitative estimate of drug-likeness (QED) is 0.879. The highest BCUT2D eigenvalue weighted by molar-refractivity contribution is 5.95. The molecule has 7 heteroatoms. The normalized spacial score (nSPS) is 19.6. The maximum absolute atomic E-state index is 12.4. The molecule has 3 heterocycles. The Balaban J connectivity index is 1.36. The Kier molecular flexibility index (Phi) is 5.00. The number of nitrogens with zero attached hydrogens (tertiary/aromatic N) is 4. The second kappa shape index (κ2) is 7.73. The first-order chi connectivity index (χ1) is 13.2. The van der Waals surface area contributed by atoms with Gasteiger partial charge in [0.25, 0.3) is 5.91 Å². The average Bonchev–Trinajstić information content (AvgIpc) is 3.37. The molecular formula is C20H23N5O2. The lowest BCUT2D eigenvalue weighted by Gasteiger charge is -2.17. The highest BCUT2D eigenvalue weighted by Gasteiger charge is 2.30. The molecule has 2 fully saturated rings. The first-order valence-electron chi connectivity index (χ1n) is 9.41. The molecule has 0 aliphatic carbocycles. The lowest BCUT2D eigenvalue weighted by molar-refractivity contribution is -0.117. The van der Waals surface area contributed by atoms with E-state index in [2.05, 4.69) is 15.3 Å². The predicted octanol–water partition coefficient (Wildman–Crippen LogP) is 2.18. The number of rotatable bonds is 5. The van der Waals surface area contributed by atoms with E-state index < -0.39 is 0 Å². The van der Waals surface area contributed by atoms with E-state index >= 15 is 0 Å². The Hall–Kier alpha value is -2.96. The molecule has 4 rings (SSSR count). The Morgan fingerprint density at radius 2 is 1.93 bits per heavy atom. The van der Waals surface area contributed by atoms with E-state index in [1.54, 1.807) is 6.20 Å². The van der Waals surface area contributed by atoms with Crippen LogP contribution in [0.4, 0.5) is 11.5 Å². The molecule has 1 aromatic carbocycles. The topological polar surface area (TPSA) is 78.4 Å². The van der Waals surface area contributed by atoms with Crippen LogP contribution in [0.15, 0.2) is 42.7 Å². The molecule has 2 amide bonds. The minimum Gasteiger partial charge on any atom is -0.368 e. The van der Waals surface area contributed by atoms with Gasteiger partial charge in [0.1, 0.15) is 11.5 Å². The van der Waals surface area contributed by atoms with E-state index in [1.807, 2.05) is 40.1 Å². The number of carbonyl (C=O) groups excluding carboxylic acids is 2. The van der Waals surface area contributed by atoms with Crippen molar-refractivity contribution in [2.24, 2.45) is 5.92 Å². The maximum Gasteiger partial charge on any atom is 0.274 e. The first-order valence-corrected chi connectivity index (χ1v) is 9.41. The molecule has 1 unspecified atom stereocenters. The van der Waals surface area contributed by atoms with Crippen LogP contribution in [0.3, 0.4) is 0 Å². The summed E-state index contributed by atoms with van der Waals surface area (Å²) >= 11 is 0. The van der Waals surface area contributed by atoms with Crippen molar-refractivity contribution < 1.29 is 9.59 Å². The molecule has 7 nitrogen and oxygen atoms in total. The van der Waals surface area contributed by atoms with Gasteiger partial charge in [-0.15, -0.1) is 0 Å². The molecule has 2 aliphatic heterocycles. The van der Waals surface area contributed by atoms with E-state index in [0.29, 0.717) is 31.0 Å². The SMILES string of the molecule is O=C(c1cncc(NCC2CC(=O)N(c3ccccc3)C2)n1)N1CCCC1. The van der Waals surface area contributed by atoms with Crippen molar-refractivity contribution in [3.8, 4) is 0 Å². The summed E-state index contributed by atoms with van der Waals surface area (Å²) in [5.41, 5.74) is 1.30. The van der Waals surface area contributed by atoms with E-state index in [0.717, 1.165) is 31.6 Å². The molecule has 0 radical (unpaired) electrons. The Labute approximate surface area is 158 Å². The van der Waals surface area contributed by atoms with E-state index in [-0.39, 0.29) is 17.7 Å². The van der Waals surface area contributed by atoms with Crippen LogP contribution in [0.1, 0.15) is 29.8 Å². The fraction of sp³-hybridized carbons (Fsp3) is 0.400. The Morgan fingerprint density at radius 1 is 1.15 bits per heavy atom. The monoisotopic (exact) mass is 365 g/mol. The third kappa shape index (κ3) is 3.92. The Bertz CT molecular complexity index is 820. The molecule has 140 valence electrons. The minimum absolute atomic E-state index is 0.0602. The molecule has 1 aromatic heterocycles. The third-order valence-corrected chi connectivity index (χ3v) is 5.09. The fourth-order valence-electron chi connectivity index (χ4n) is 3.66. The number of likely N-dealkylation sites (tertiary alicyclic amines) is 1. The number of anilines is 2. The summed E-state index contributed by atoms with van der Waals surface area (Å²) < 4.78 is 0. The minimum atomic E-state index is -0.0602. The summed E-state index contributed by atoms with van der Waals surface area (Å²) in [6.07, 6.45) is 5.73. The molecule has 1 atom stereocenters. The molecule has 2 saturated heterocycles. The zero-order chi connectivity index (χ0) is 18.6. The van der Waals surface area contributed by atoms with Gasteiger partial charge in [-0.25, -0.2) is 4.98 Å². The average molecular weight is 365 g/mol. The second-order valence-corrected chi connectivity index (χ2v) is 7.08. The predicted molar refractivity (Wildman–Crippen MR) is 103 cm³/mol. The van der Waals surface area contributed by atoms with E-state index in [4.69, 9.17) is 0 Å². The molecule has 27 heavy (non-hydrogen) atoms. The fourth-order valence-corrected chi connectivity index (χ4v) is 3.66. The highest BCUT2D eigenvalue weighted by Crippen LogP contribution is 2.25. The molecule has 2 aromatic rings. The zero-order valence-corrected chi connectivity index (χ0v) is 15.2. The van der Waals surface area contributed by atoms with Crippen LogP contribution in [0.5, 0.6) is 0 Å². The molecular weight excluding hydrogens is 342 g/mol. The van der Waals surface area contributed by atoms with Gasteiger partial charge in [-0.2, -0.15) is 0 Å². The van der Waals surface area contributed by atoms with Gasteiger partial charge < -0.3 is 15.1 Å². The number of aromatic nitrogens is 2. The van der Waals surface area contributed by atoms with Gasteiger partial charge in [-0.3, -0.25) is 14.6 Å². The number of carbonyl (C=O) groups is 2. The van der Waals surface area contributed by atoms with Crippen LogP contribution < -0.4 is 10.2 Å². The van der Waals surface area contributed by atoms with Gasteiger partial charge in [-0.1, -0.05) is 18.2 Å². The summed E-state index contributed by atoms with van der Waals surface area (Å²) in [6.45, 7) is 2.87. The van der Waals surface area contributed by atoms with Gasteiger partial charge in [0.05, 0.1) is 12.4 Å². The van der Waals surface area contributed by atoms with Crippen molar-refractivity contribution in [3.05, 3.63) is 48.4 Å². The van der Waals surface area contributed by atoms with Gasteiger partial charge in [-0.05, 0) is 25.0 Å². The smallest absolute Gasteiger partial charge is 0.274 e. The van der Waals surface area contributed by atoms with Gasteiger partial charge in [0, 0.05) is 44.2 Å². The van der Waals surface area contributed by atoms with Crippen molar-refractivity contribution in [3.63, 3.8) is 0 Å². The van der Waals surface area contributed by atoms with E-state index in [9.17, 15) is 9.59 Å². The lowest BCUT2D eigenvalue weighted by Crippen LogP contribution is -2.29. The highest BCUT2D eigenvalue weighted by atomic mass is 16.2. The van der Waals surface area contributed by atoms with Crippen LogP contribution in [-0.4, -0.2) is 52.9 Å². The maximum atomic E-state index is 12.4. The van der Waals surface area contributed by atoms with Crippen LogP contribution >= 0.6 is 0 Å². The van der Waals surface area contributed by atoms with Gasteiger partial charge in [0.15, 0.2) is 0 Å². The molecule has 0 saturated carbocycles. The molecule has 2 aliphatic rings.